The lowest BCUT2D eigenvalue weighted by molar-refractivity contribution is 0.0690. The topological polar surface area (TPSA) is 71.7 Å². The van der Waals surface area contributed by atoms with Crippen LogP contribution in [0.4, 0.5) is 0 Å². The summed E-state index contributed by atoms with van der Waals surface area (Å²) in [7, 11) is 0. The third kappa shape index (κ3) is 1.63. The molecule has 0 saturated heterocycles. The van der Waals surface area contributed by atoms with Gasteiger partial charge in [0.2, 0.25) is 0 Å². The molecule has 0 amide bonds. The molecule has 2 rings (SSSR count). The minimum atomic E-state index is -1.21. The summed E-state index contributed by atoms with van der Waals surface area (Å²) in [6.45, 7) is 0. The van der Waals surface area contributed by atoms with Gasteiger partial charge in [0.15, 0.2) is 5.69 Å². The zero-order chi connectivity index (χ0) is 11.0. The van der Waals surface area contributed by atoms with Gasteiger partial charge in [-0.05, 0) is 28.1 Å². The van der Waals surface area contributed by atoms with Crippen molar-refractivity contribution >= 4 is 27.5 Å². The van der Waals surface area contributed by atoms with E-state index in [0.29, 0.717) is 10.3 Å². The molecule has 76 valence electrons. The lowest BCUT2D eigenvalue weighted by atomic mass is 10.4. The Labute approximate surface area is 92.1 Å². The highest BCUT2D eigenvalue weighted by Crippen LogP contribution is 2.09. The monoisotopic (exact) mass is 268 g/mol. The number of carboxylic acids is 1. The molecule has 6 heteroatoms. The summed E-state index contributed by atoms with van der Waals surface area (Å²) in [6, 6.07) is 5.91. The van der Waals surface area contributed by atoms with Crippen LogP contribution in [0.2, 0.25) is 0 Å². The number of carboxylic acid groups (broad SMARTS) is 1. The van der Waals surface area contributed by atoms with Gasteiger partial charge in [0.25, 0.3) is 5.56 Å². The maximum Gasteiger partial charge on any atom is 0.354 e. The normalized spacial score (nSPS) is 10.5. The van der Waals surface area contributed by atoms with Crippen molar-refractivity contribution in [2.75, 3.05) is 0 Å². The highest BCUT2D eigenvalue weighted by Gasteiger charge is 2.09. The molecule has 0 atom stereocenters. The van der Waals surface area contributed by atoms with Crippen molar-refractivity contribution in [1.82, 2.24) is 9.38 Å². The van der Waals surface area contributed by atoms with Gasteiger partial charge in [-0.1, -0.05) is 6.07 Å². The molecule has 0 spiro atoms. The Bertz CT molecular complexity index is 606. The van der Waals surface area contributed by atoms with Crippen molar-refractivity contribution in [2.45, 2.75) is 0 Å². The average molecular weight is 269 g/mol. The largest absolute Gasteiger partial charge is 0.477 e. The lowest BCUT2D eigenvalue weighted by Gasteiger charge is -2.02. The Morgan fingerprint density at radius 2 is 2.20 bits per heavy atom. The van der Waals surface area contributed by atoms with Gasteiger partial charge in [-0.15, -0.1) is 0 Å². The third-order valence-electron chi connectivity index (χ3n) is 1.86. The molecule has 0 aliphatic heterocycles. The first-order valence-corrected chi connectivity index (χ1v) is 4.80. The van der Waals surface area contributed by atoms with Gasteiger partial charge in [0.1, 0.15) is 5.65 Å². The Kier molecular flexibility index (Phi) is 2.28. The van der Waals surface area contributed by atoms with Crippen LogP contribution in [0.3, 0.4) is 0 Å². The molecule has 0 aromatic carbocycles. The molecule has 2 aromatic heterocycles. The zero-order valence-corrected chi connectivity index (χ0v) is 8.93. The standard InChI is InChI=1S/C9H5BrN2O3/c10-6-2-1-3-7-11-5(9(14)15)4-8(13)12(6)7/h1-4H,(H,14,15). The van der Waals surface area contributed by atoms with E-state index in [0.717, 1.165) is 6.07 Å². The van der Waals surface area contributed by atoms with Gasteiger partial charge >= 0.3 is 5.97 Å². The van der Waals surface area contributed by atoms with Crippen molar-refractivity contribution in [3.63, 3.8) is 0 Å². The molecule has 2 heterocycles. The van der Waals surface area contributed by atoms with Gasteiger partial charge in [0.05, 0.1) is 4.60 Å². The number of aromatic nitrogens is 2. The molecule has 0 aliphatic carbocycles. The molecule has 0 bridgehead atoms. The fourth-order valence-corrected chi connectivity index (χ4v) is 1.73. The highest BCUT2D eigenvalue weighted by molar-refractivity contribution is 9.10. The van der Waals surface area contributed by atoms with Crippen LogP contribution in [-0.4, -0.2) is 20.5 Å². The average Bonchev–Trinajstić information content (AvgIpc) is 2.17. The second kappa shape index (κ2) is 3.47. The molecule has 0 aliphatic rings. The summed E-state index contributed by atoms with van der Waals surface area (Å²) in [5.41, 5.74) is -0.378. The predicted octanol–water partition coefficient (Wildman–Crippen LogP) is 1.16. The Balaban J connectivity index is 2.91. The first kappa shape index (κ1) is 9.85. The number of hydrogen-bond acceptors (Lipinski definition) is 3. The van der Waals surface area contributed by atoms with E-state index < -0.39 is 11.5 Å². The van der Waals surface area contributed by atoms with Gasteiger partial charge in [-0.25, -0.2) is 9.78 Å². The van der Waals surface area contributed by atoms with E-state index in [1.54, 1.807) is 18.2 Å². The van der Waals surface area contributed by atoms with E-state index in [4.69, 9.17) is 5.11 Å². The smallest absolute Gasteiger partial charge is 0.354 e. The van der Waals surface area contributed by atoms with Crippen LogP contribution >= 0.6 is 15.9 Å². The van der Waals surface area contributed by atoms with Crippen LogP contribution in [0, 0.1) is 0 Å². The summed E-state index contributed by atoms with van der Waals surface area (Å²) < 4.78 is 1.82. The summed E-state index contributed by atoms with van der Waals surface area (Å²) >= 11 is 3.18. The maximum atomic E-state index is 11.6. The van der Waals surface area contributed by atoms with Crippen molar-refractivity contribution in [3.8, 4) is 0 Å². The Hall–Kier alpha value is -1.69. The summed E-state index contributed by atoms with van der Waals surface area (Å²) in [5.74, 6) is -1.21. The van der Waals surface area contributed by atoms with Crippen LogP contribution in [0.5, 0.6) is 0 Å². The lowest BCUT2D eigenvalue weighted by Crippen LogP contribution is -2.18. The van der Waals surface area contributed by atoms with E-state index in [9.17, 15) is 9.59 Å². The van der Waals surface area contributed by atoms with Crippen molar-refractivity contribution in [3.05, 3.63) is 44.9 Å². The van der Waals surface area contributed by atoms with Crippen molar-refractivity contribution in [1.29, 1.82) is 0 Å². The summed E-state index contributed by atoms with van der Waals surface area (Å²) in [4.78, 5) is 26.0. The second-order valence-electron chi connectivity index (χ2n) is 2.83. The Morgan fingerprint density at radius 1 is 1.47 bits per heavy atom. The molecular formula is C9H5BrN2O3. The summed E-state index contributed by atoms with van der Waals surface area (Å²) in [5, 5.41) is 8.72. The number of hydrogen-bond donors (Lipinski definition) is 1. The van der Waals surface area contributed by atoms with Crippen LogP contribution in [0.25, 0.3) is 5.65 Å². The van der Waals surface area contributed by atoms with Gasteiger partial charge in [-0.2, -0.15) is 0 Å². The molecule has 2 aromatic rings. The molecule has 0 unspecified atom stereocenters. The molecule has 15 heavy (non-hydrogen) atoms. The van der Waals surface area contributed by atoms with E-state index >= 15 is 0 Å². The number of aromatic carboxylic acids is 1. The fraction of sp³-hybridized carbons (Fsp3) is 0. The van der Waals surface area contributed by atoms with Crippen molar-refractivity contribution < 1.29 is 9.90 Å². The number of carbonyl (C=O) groups is 1. The van der Waals surface area contributed by atoms with Crippen LogP contribution < -0.4 is 5.56 Å². The van der Waals surface area contributed by atoms with Crippen LogP contribution in [0.1, 0.15) is 10.5 Å². The number of nitrogens with zero attached hydrogens (tertiary/aromatic N) is 2. The van der Waals surface area contributed by atoms with Crippen molar-refractivity contribution in [2.24, 2.45) is 0 Å². The third-order valence-corrected chi connectivity index (χ3v) is 2.48. The molecule has 1 N–H and O–H groups in total. The first-order valence-electron chi connectivity index (χ1n) is 4.01. The molecular weight excluding hydrogens is 264 g/mol. The Morgan fingerprint density at radius 3 is 2.87 bits per heavy atom. The molecule has 0 radical (unpaired) electrons. The van der Waals surface area contributed by atoms with E-state index in [2.05, 4.69) is 20.9 Å². The van der Waals surface area contributed by atoms with Gasteiger partial charge in [-0.3, -0.25) is 9.20 Å². The van der Waals surface area contributed by atoms with E-state index in [1.807, 2.05) is 0 Å². The SMILES string of the molecule is O=C(O)c1cc(=O)n2c(Br)cccc2n1. The number of pyridine rings is 1. The quantitative estimate of drug-likeness (QED) is 0.788. The predicted molar refractivity (Wildman–Crippen MR) is 56.1 cm³/mol. The number of fused-ring (bicyclic) bond motifs is 1. The molecule has 0 fully saturated rings. The minimum Gasteiger partial charge on any atom is -0.477 e. The van der Waals surface area contributed by atoms with Crippen LogP contribution in [0.15, 0.2) is 33.7 Å². The van der Waals surface area contributed by atoms with E-state index in [1.165, 1.54) is 4.40 Å². The van der Waals surface area contributed by atoms with E-state index in [-0.39, 0.29) is 5.69 Å². The number of halogens is 1. The maximum absolute atomic E-state index is 11.6. The number of rotatable bonds is 1. The minimum absolute atomic E-state index is 0.252. The molecule has 5 nitrogen and oxygen atoms in total. The fourth-order valence-electron chi connectivity index (χ4n) is 1.22. The molecule has 0 saturated carbocycles. The van der Waals surface area contributed by atoms with Gasteiger partial charge in [0, 0.05) is 6.07 Å². The zero-order valence-electron chi connectivity index (χ0n) is 7.35. The second-order valence-corrected chi connectivity index (χ2v) is 3.64. The summed E-state index contributed by atoms with van der Waals surface area (Å²) in [6.07, 6.45) is 0. The van der Waals surface area contributed by atoms with Crippen LogP contribution in [-0.2, 0) is 0 Å². The first-order chi connectivity index (χ1) is 7.09. The highest BCUT2D eigenvalue weighted by atomic mass is 79.9. The van der Waals surface area contributed by atoms with Gasteiger partial charge < -0.3 is 5.11 Å².